The second-order valence-electron chi connectivity index (χ2n) is 7.25. The fourth-order valence-corrected chi connectivity index (χ4v) is 8.00. The predicted octanol–water partition coefficient (Wildman–Crippen LogP) is 5.47. The third-order valence-electron chi connectivity index (χ3n) is 5.50. The van der Waals surface area contributed by atoms with Crippen molar-refractivity contribution in [1.29, 1.82) is 5.26 Å². The second kappa shape index (κ2) is 6.55. The molecule has 8 heteroatoms. The number of aromatic nitrogens is 2. The molecule has 0 aliphatic carbocycles. The number of benzene rings is 3. The molecule has 3 heterocycles. The minimum absolute atomic E-state index is 0.379. The van der Waals surface area contributed by atoms with E-state index >= 15 is 0 Å². The molecule has 0 unspecified atom stereocenters. The molecule has 30 heavy (non-hydrogen) atoms. The van der Waals surface area contributed by atoms with Crippen LogP contribution in [-0.2, 0) is 0 Å². The summed E-state index contributed by atoms with van der Waals surface area (Å²) in [6, 6.07) is 11.2. The van der Waals surface area contributed by atoms with Crippen LogP contribution in [-0.4, -0.2) is 25.5 Å². The van der Waals surface area contributed by atoms with Crippen LogP contribution in [0.25, 0.3) is 43.6 Å². The average Bonchev–Trinajstić information content (AvgIpc) is 3.45. The standard InChI is InChI=1S/C22H15F2IN4O/c23-11-1-3-16-13(7-11)18-15(9-26)19-14-8-12(24)2-4-17(14)29-21(19)22(20(18)28-16)30-25-5-6-27-10-25/h1-4,7-8,27-29H,5-6,10H2. The van der Waals surface area contributed by atoms with E-state index in [0.29, 0.717) is 43.9 Å². The van der Waals surface area contributed by atoms with E-state index in [-0.39, 0.29) is 11.6 Å². The molecular formula is C22H15F2IN4O. The predicted molar refractivity (Wildman–Crippen MR) is 122 cm³/mol. The fourth-order valence-electron chi connectivity index (χ4n) is 4.21. The molecule has 1 aliphatic heterocycles. The van der Waals surface area contributed by atoms with Crippen molar-refractivity contribution in [3.8, 4) is 11.8 Å². The first-order valence-corrected chi connectivity index (χ1v) is 13.4. The van der Waals surface area contributed by atoms with E-state index in [1.165, 1.54) is 24.3 Å². The second-order valence-corrected chi connectivity index (χ2v) is 11.9. The van der Waals surface area contributed by atoms with Gasteiger partial charge in [0.15, 0.2) is 0 Å². The fraction of sp³-hybridized carbons (Fsp3) is 0.136. The Kier molecular flexibility index (Phi) is 3.91. The van der Waals surface area contributed by atoms with Gasteiger partial charge in [-0.2, -0.15) is 0 Å². The summed E-state index contributed by atoms with van der Waals surface area (Å²) in [5.74, 6) is -0.119. The van der Waals surface area contributed by atoms with E-state index in [0.717, 1.165) is 26.6 Å². The quantitative estimate of drug-likeness (QED) is 0.166. The number of fused-ring (bicyclic) bond motifs is 6. The molecule has 3 aromatic carbocycles. The number of aromatic amines is 2. The van der Waals surface area contributed by atoms with E-state index in [9.17, 15) is 14.0 Å². The summed E-state index contributed by atoms with van der Waals surface area (Å²) < 4.78 is 36.6. The molecule has 0 bridgehead atoms. The third kappa shape index (κ3) is 2.52. The number of halogens is 3. The number of hydrogen-bond donors (Lipinski definition) is 3. The minimum atomic E-state index is -1.73. The van der Waals surface area contributed by atoms with E-state index in [1.807, 2.05) is 0 Å². The van der Waals surface area contributed by atoms with Gasteiger partial charge >= 0.3 is 177 Å². The number of nitrogens with one attached hydrogen (secondary N) is 3. The Morgan fingerprint density at radius 2 is 1.53 bits per heavy atom. The summed E-state index contributed by atoms with van der Waals surface area (Å²) in [4.78, 5) is 6.68. The molecule has 1 saturated heterocycles. The molecule has 0 radical (unpaired) electrons. The summed E-state index contributed by atoms with van der Waals surface area (Å²) in [5.41, 5.74) is 3.19. The van der Waals surface area contributed by atoms with Crippen molar-refractivity contribution >= 4 is 63.8 Å². The van der Waals surface area contributed by atoms with Crippen molar-refractivity contribution < 1.29 is 11.8 Å². The van der Waals surface area contributed by atoms with E-state index in [2.05, 4.69) is 21.4 Å². The average molecular weight is 516 g/mol. The molecule has 0 spiro atoms. The Bertz CT molecular complexity index is 1430. The number of hydrogen-bond acceptors (Lipinski definition) is 3. The molecular weight excluding hydrogens is 501 g/mol. The summed E-state index contributed by atoms with van der Waals surface area (Å²) >= 11 is -1.73. The maximum atomic E-state index is 14.1. The molecule has 0 amide bonds. The van der Waals surface area contributed by atoms with Gasteiger partial charge in [-0.25, -0.2) is 0 Å². The normalized spacial score (nSPS) is 15.6. The summed E-state index contributed by atoms with van der Waals surface area (Å²) in [5, 5.41) is 15.9. The van der Waals surface area contributed by atoms with Crippen molar-refractivity contribution in [3.05, 3.63) is 53.6 Å². The Morgan fingerprint density at radius 3 is 2.03 bits per heavy atom. The van der Waals surface area contributed by atoms with Gasteiger partial charge in [0.1, 0.15) is 0 Å². The maximum absolute atomic E-state index is 14.1. The van der Waals surface area contributed by atoms with Crippen molar-refractivity contribution in [1.82, 2.24) is 15.3 Å². The van der Waals surface area contributed by atoms with Crippen LogP contribution in [0.2, 0.25) is 0 Å². The van der Waals surface area contributed by atoms with Crippen LogP contribution in [0.5, 0.6) is 5.75 Å². The van der Waals surface area contributed by atoms with Crippen LogP contribution in [0.3, 0.4) is 0 Å². The Hall–Kier alpha value is -2.90. The molecule has 5 aromatic rings. The SMILES string of the molecule is N#Cc1c2c([nH]c3ccc(F)cc32)c(OI2CCNC2)c2[nH]c3ccc(F)cc3c12. The number of rotatable bonds is 2. The van der Waals surface area contributed by atoms with Gasteiger partial charge in [-0.05, 0) is 0 Å². The van der Waals surface area contributed by atoms with Gasteiger partial charge in [-0.3, -0.25) is 0 Å². The first-order chi connectivity index (χ1) is 14.6. The first kappa shape index (κ1) is 17.9. The van der Waals surface area contributed by atoms with Gasteiger partial charge in [0.2, 0.25) is 0 Å². The van der Waals surface area contributed by atoms with Crippen molar-refractivity contribution in [2.45, 2.75) is 0 Å². The Morgan fingerprint density at radius 1 is 0.933 bits per heavy atom. The number of H-pyrrole nitrogens is 2. The van der Waals surface area contributed by atoms with Crippen LogP contribution in [0.1, 0.15) is 5.56 Å². The van der Waals surface area contributed by atoms with Crippen LogP contribution in [0.4, 0.5) is 8.78 Å². The topological polar surface area (TPSA) is 76.6 Å². The van der Waals surface area contributed by atoms with E-state index in [4.69, 9.17) is 3.07 Å². The molecule has 5 nitrogen and oxygen atoms in total. The van der Waals surface area contributed by atoms with Crippen LogP contribution < -0.4 is 8.38 Å². The molecule has 150 valence electrons. The molecule has 0 saturated carbocycles. The summed E-state index contributed by atoms with van der Waals surface area (Å²) in [6.45, 7) is 0.934. The molecule has 3 N–H and O–H groups in total. The molecule has 0 atom stereocenters. The van der Waals surface area contributed by atoms with Crippen molar-refractivity contribution in [3.63, 3.8) is 0 Å². The monoisotopic (exact) mass is 516 g/mol. The third-order valence-corrected chi connectivity index (χ3v) is 9.69. The molecule has 2 aromatic heterocycles. The molecule has 1 fully saturated rings. The zero-order valence-electron chi connectivity index (χ0n) is 15.6. The van der Waals surface area contributed by atoms with Gasteiger partial charge < -0.3 is 0 Å². The zero-order chi connectivity index (χ0) is 20.4. The van der Waals surface area contributed by atoms with Crippen LogP contribution in [0, 0.1) is 23.0 Å². The van der Waals surface area contributed by atoms with E-state index < -0.39 is 20.2 Å². The molecule has 6 rings (SSSR count). The number of nitriles is 1. The Balaban J connectivity index is 1.83. The Labute approximate surface area is 176 Å². The van der Waals surface area contributed by atoms with Gasteiger partial charge in [-0.15, -0.1) is 0 Å². The zero-order valence-corrected chi connectivity index (χ0v) is 17.7. The van der Waals surface area contributed by atoms with Crippen molar-refractivity contribution in [2.75, 3.05) is 15.5 Å². The van der Waals surface area contributed by atoms with Crippen LogP contribution in [0.15, 0.2) is 36.4 Å². The number of nitrogens with zero attached hydrogens (tertiary/aromatic N) is 1. The first-order valence-electron chi connectivity index (χ1n) is 9.43. The summed E-state index contributed by atoms with van der Waals surface area (Å²) in [6.07, 6.45) is 0. The van der Waals surface area contributed by atoms with Gasteiger partial charge in [-0.1, -0.05) is 0 Å². The van der Waals surface area contributed by atoms with Crippen LogP contribution >= 0.6 is 20.2 Å². The van der Waals surface area contributed by atoms with Crippen molar-refractivity contribution in [2.24, 2.45) is 0 Å². The molecule has 1 aliphatic rings. The van der Waals surface area contributed by atoms with Gasteiger partial charge in [0.05, 0.1) is 0 Å². The number of alkyl halides is 2. The van der Waals surface area contributed by atoms with Gasteiger partial charge in [0, 0.05) is 0 Å². The van der Waals surface area contributed by atoms with E-state index in [1.54, 1.807) is 12.1 Å². The van der Waals surface area contributed by atoms with Gasteiger partial charge in [0.25, 0.3) is 0 Å². The summed E-state index contributed by atoms with van der Waals surface area (Å²) in [7, 11) is 0.